The fourth-order valence-corrected chi connectivity index (χ4v) is 2.50. The van der Waals surface area contributed by atoms with Gasteiger partial charge in [0, 0.05) is 12.1 Å². The molecule has 24 heavy (non-hydrogen) atoms. The third kappa shape index (κ3) is 2.82. The number of carbonyl (C=O) groups is 1. The molecule has 0 N–H and O–H groups in total. The lowest BCUT2D eigenvalue weighted by atomic mass is 10.1. The quantitative estimate of drug-likeness (QED) is 0.666. The van der Waals surface area contributed by atoms with Gasteiger partial charge in [-0.25, -0.2) is 0 Å². The third-order valence-electron chi connectivity index (χ3n) is 3.71. The molecule has 4 heteroatoms. The van der Waals surface area contributed by atoms with Crippen molar-refractivity contribution in [2.75, 3.05) is 0 Å². The molecular weight excluding hydrogens is 304 g/mol. The second-order valence-corrected chi connectivity index (χ2v) is 5.39. The highest BCUT2D eigenvalue weighted by atomic mass is 16.5. The summed E-state index contributed by atoms with van der Waals surface area (Å²) < 4.78 is 16.6. The average Bonchev–Trinajstić information content (AvgIpc) is 3.23. The van der Waals surface area contributed by atoms with E-state index in [1.54, 1.807) is 42.7 Å². The fraction of sp³-hybridized carbons (Fsp3) is 0.0500. The fourth-order valence-electron chi connectivity index (χ4n) is 2.50. The molecule has 0 atom stereocenters. The number of allylic oxidation sites excluding steroid dienone is 1. The number of hydrogen-bond donors (Lipinski definition) is 0. The first-order chi connectivity index (χ1) is 11.8. The minimum absolute atomic E-state index is 0.156. The smallest absolute Gasteiger partial charge is 0.232 e. The van der Waals surface area contributed by atoms with Crippen molar-refractivity contribution in [2.45, 2.75) is 6.61 Å². The summed E-state index contributed by atoms with van der Waals surface area (Å²) in [4.78, 5) is 12.3. The van der Waals surface area contributed by atoms with Crippen LogP contribution in [0.4, 0.5) is 0 Å². The van der Waals surface area contributed by atoms with E-state index in [9.17, 15) is 4.79 Å². The maximum Gasteiger partial charge on any atom is 0.232 e. The van der Waals surface area contributed by atoms with E-state index in [0.717, 1.165) is 5.56 Å². The van der Waals surface area contributed by atoms with Crippen LogP contribution in [-0.2, 0) is 6.61 Å². The molecule has 0 spiro atoms. The van der Waals surface area contributed by atoms with Crippen LogP contribution in [-0.4, -0.2) is 5.78 Å². The summed E-state index contributed by atoms with van der Waals surface area (Å²) in [5, 5.41) is 0. The van der Waals surface area contributed by atoms with Crippen molar-refractivity contribution in [3.8, 4) is 11.5 Å². The molecule has 2 aromatic carbocycles. The van der Waals surface area contributed by atoms with Gasteiger partial charge in [-0.2, -0.15) is 0 Å². The summed E-state index contributed by atoms with van der Waals surface area (Å²) in [6, 6.07) is 18.7. The third-order valence-corrected chi connectivity index (χ3v) is 3.71. The van der Waals surface area contributed by atoms with Gasteiger partial charge in [0.25, 0.3) is 0 Å². The Bertz CT molecular complexity index is 893. The summed E-state index contributed by atoms with van der Waals surface area (Å²) in [5.41, 5.74) is 1.60. The van der Waals surface area contributed by atoms with E-state index in [0.29, 0.717) is 29.4 Å². The van der Waals surface area contributed by atoms with Crippen molar-refractivity contribution in [2.24, 2.45) is 0 Å². The molecule has 0 amide bonds. The van der Waals surface area contributed by atoms with E-state index in [1.807, 2.05) is 30.3 Å². The zero-order valence-electron chi connectivity index (χ0n) is 12.8. The summed E-state index contributed by atoms with van der Waals surface area (Å²) >= 11 is 0. The van der Waals surface area contributed by atoms with E-state index in [2.05, 4.69) is 0 Å². The Kier molecular flexibility index (Phi) is 3.63. The molecule has 0 radical (unpaired) electrons. The maximum absolute atomic E-state index is 12.3. The molecular formula is C20H14O4. The number of benzene rings is 2. The first-order valence-electron chi connectivity index (χ1n) is 7.58. The van der Waals surface area contributed by atoms with E-state index >= 15 is 0 Å². The number of ether oxygens (including phenoxy) is 2. The van der Waals surface area contributed by atoms with Crippen LogP contribution in [0.3, 0.4) is 0 Å². The number of carbonyl (C=O) groups excluding carboxylic acids is 1. The molecule has 1 aliphatic heterocycles. The molecule has 0 unspecified atom stereocenters. The molecule has 118 valence electrons. The first-order valence-corrected chi connectivity index (χ1v) is 7.58. The van der Waals surface area contributed by atoms with Gasteiger partial charge in [-0.05, 0) is 29.8 Å². The number of rotatable bonds is 4. The van der Waals surface area contributed by atoms with Crippen molar-refractivity contribution in [1.82, 2.24) is 0 Å². The molecule has 2 heterocycles. The Morgan fingerprint density at radius 1 is 1.00 bits per heavy atom. The zero-order chi connectivity index (χ0) is 16.4. The molecule has 1 aliphatic rings. The van der Waals surface area contributed by atoms with Gasteiger partial charge < -0.3 is 13.9 Å². The van der Waals surface area contributed by atoms with E-state index in [1.165, 1.54) is 0 Å². The van der Waals surface area contributed by atoms with Gasteiger partial charge in [-0.1, -0.05) is 30.3 Å². The second-order valence-electron chi connectivity index (χ2n) is 5.39. The van der Waals surface area contributed by atoms with Crippen LogP contribution in [0, 0.1) is 0 Å². The topological polar surface area (TPSA) is 48.7 Å². The predicted molar refractivity (Wildman–Crippen MR) is 88.9 cm³/mol. The molecule has 0 saturated heterocycles. The van der Waals surface area contributed by atoms with Crippen LogP contribution >= 0.6 is 0 Å². The van der Waals surface area contributed by atoms with E-state index in [-0.39, 0.29) is 11.5 Å². The minimum atomic E-state index is -0.156. The number of furan rings is 1. The van der Waals surface area contributed by atoms with E-state index in [4.69, 9.17) is 13.9 Å². The molecule has 0 fully saturated rings. The zero-order valence-corrected chi connectivity index (χ0v) is 12.8. The Balaban J connectivity index is 1.52. The van der Waals surface area contributed by atoms with Gasteiger partial charge in [-0.3, -0.25) is 4.79 Å². The molecule has 3 aromatic rings. The lowest BCUT2D eigenvalue weighted by Gasteiger charge is -2.07. The Hall–Kier alpha value is -3.27. The Morgan fingerprint density at radius 2 is 1.88 bits per heavy atom. The molecule has 1 aromatic heterocycles. The second kappa shape index (κ2) is 6.08. The highest BCUT2D eigenvalue weighted by Gasteiger charge is 2.28. The van der Waals surface area contributed by atoms with Crippen LogP contribution in [0.1, 0.15) is 21.7 Å². The van der Waals surface area contributed by atoms with Gasteiger partial charge in [0.2, 0.25) is 5.78 Å². The highest BCUT2D eigenvalue weighted by molar-refractivity contribution is 6.14. The summed E-state index contributed by atoms with van der Waals surface area (Å²) in [6.45, 7) is 0.461. The minimum Gasteiger partial charge on any atom is -0.489 e. The van der Waals surface area contributed by atoms with Crippen LogP contribution in [0.25, 0.3) is 6.08 Å². The average molecular weight is 318 g/mol. The maximum atomic E-state index is 12.3. The van der Waals surface area contributed by atoms with Crippen molar-refractivity contribution < 1.29 is 18.7 Å². The molecule has 0 bridgehead atoms. The van der Waals surface area contributed by atoms with Crippen LogP contribution in [0.5, 0.6) is 11.5 Å². The van der Waals surface area contributed by atoms with Crippen LogP contribution < -0.4 is 9.47 Å². The summed E-state index contributed by atoms with van der Waals surface area (Å²) in [7, 11) is 0. The summed E-state index contributed by atoms with van der Waals surface area (Å²) in [5.74, 6) is 1.83. The van der Waals surface area contributed by atoms with Crippen molar-refractivity contribution >= 4 is 11.9 Å². The van der Waals surface area contributed by atoms with Gasteiger partial charge in [0.15, 0.2) is 5.76 Å². The lowest BCUT2D eigenvalue weighted by Crippen LogP contribution is -1.97. The van der Waals surface area contributed by atoms with Crippen LogP contribution in [0.2, 0.25) is 0 Å². The van der Waals surface area contributed by atoms with Crippen molar-refractivity contribution in [3.63, 3.8) is 0 Å². The standard InChI is InChI=1S/C20H14O4/c21-20-17-9-8-16(23-13-14-5-2-1-3-6-14)11-18(17)24-19(20)12-15-7-4-10-22-15/h1-12H,13H2/b19-12-. The van der Waals surface area contributed by atoms with Gasteiger partial charge in [-0.15, -0.1) is 0 Å². The van der Waals surface area contributed by atoms with Gasteiger partial charge >= 0.3 is 0 Å². The Morgan fingerprint density at radius 3 is 2.67 bits per heavy atom. The number of ketones is 1. The monoisotopic (exact) mass is 318 g/mol. The molecule has 4 rings (SSSR count). The number of Topliss-reactive ketones (excluding diaryl/α,β-unsaturated/α-hetero) is 1. The molecule has 4 nitrogen and oxygen atoms in total. The predicted octanol–water partition coefficient (Wildman–Crippen LogP) is 4.47. The lowest BCUT2D eigenvalue weighted by molar-refractivity contribution is 0.101. The summed E-state index contributed by atoms with van der Waals surface area (Å²) in [6.07, 6.45) is 3.14. The number of hydrogen-bond acceptors (Lipinski definition) is 4. The van der Waals surface area contributed by atoms with Crippen molar-refractivity contribution in [3.05, 3.63) is 89.6 Å². The van der Waals surface area contributed by atoms with Crippen LogP contribution in [0.15, 0.2) is 77.1 Å². The molecule has 0 saturated carbocycles. The molecule has 0 aliphatic carbocycles. The van der Waals surface area contributed by atoms with E-state index < -0.39 is 0 Å². The normalized spacial score (nSPS) is 14.5. The van der Waals surface area contributed by atoms with Gasteiger partial charge in [0.1, 0.15) is 23.9 Å². The highest BCUT2D eigenvalue weighted by Crippen LogP contribution is 2.35. The van der Waals surface area contributed by atoms with Crippen molar-refractivity contribution in [1.29, 1.82) is 0 Å². The largest absolute Gasteiger partial charge is 0.489 e. The Labute approximate surface area is 138 Å². The van der Waals surface area contributed by atoms with Gasteiger partial charge in [0.05, 0.1) is 11.8 Å². The first kappa shape index (κ1) is 14.3. The number of fused-ring (bicyclic) bond motifs is 1. The SMILES string of the molecule is O=C1/C(=C/c2ccco2)Oc2cc(OCc3ccccc3)ccc21.